The zero-order valence-corrected chi connectivity index (χ0v) is 21.2. The van der Waals surface area contributed by atoms with Crippen LogP contribution in [0, 0.1) is 0 Å². The van der Waals surface area contributed by atoms with Crippen molar-refractivity contribution in [1.29, 1.82) is 0 Å². The van der Waals surface area contributed by atoms with Crippen molar-refractivity contribution in [2.75, 3.05) is 0 Å². The van der Waals surface area contributed by atoms with Crippen LogP contribution in [0.15, 0.2) is 84.9 Å². The zero-order valence-electron chi connectivity index (χ0n) is 21.2. The molecule has 6 heteroatoms. The second-order valence-electron chi connectivity index (χ2n) is 10.6. The lowest BCUT2D eigenvalue weighted by Crippen LogP contribution is -2.14. The Morgan fingerprint density at radius 1 is 0.325 bits per heavy atom. The molecule has 9 aromatic rings. The first-order valence-corrected chi connectivity index (χ1v) is 13.5. The molecule has 0 amide bonds. The van der Waals surface area contributed by atoms with E-state index in [1.807, 2.05) is 12.1 Å². The van der Waals surface area contributed by atoms with Gasteiger partial charge in [0.1, 0.15) is 0 Å². The van der Waals surface area contributed by atoms with Gasteiger partial charge in [0.2, 0.25) is 0 Å². The van der Waals surface area contributed by atoms with Gasteiger partial charge in [0, 0.05) is 32.3 Å². The van der Waals surface area contributed by atoms with Gasteiger partial charge in [0.15, 0.2) is 0 Å². The van der Waals surface area contributed by atoms with E-state index < -0.39 is 0 Å². The molecule has 1 aliphatic carbocycles. The first-order valence-electron chi connectivity index (χ1n) is 13.5. The van der Waals surface area contributed by atoms with Gasteiger partial charge in [0.05, 0.1) is 66.6 Å². The molecule has 6 heterocycles. The van der Waals surface area contributed by atoms with E-state index in [-0.39, 0.29) is 0 Å². The molecule has 6 nitrogen and oxygen atoms in total. The molecule has 0 saturated heterocycles. The van der Waals surface area contributed by atoms with Crippen LogP contribution in [0.4, 0.5) is 0 Å². The van der Waals surface area contributed by atoms with Crippen LogP contribution >= 0.6 is 0 Å². The van der Waals surface area contributed by atoms with E-state index in [1.54, 1.807) is 0 Å². The Morgan fingerprint density at radius 3 is 1.23 bits per heavy atom. The quantitative estimate of drug-likeness (QED) is 0.198. The molecule has 0 N–H and O–H groups in total. The maximum absolute atomic E-state index is 5.28. The van der Waals surface area contributed by atoms with E-state index in [1.165, 1.54) is 0 Å². The van der Waals surface area contributed by atoms with Crippen molar-refractivity contribution in [1.82, 2.24) is 29.9 Å². The summed E-state index contributed by atoms with van der Waals surface area (Å²) < 4.78 is 0. The van der Waals surface area contributed by atoms with Crippen LogP contribution in [0.1, 0.15) is 11.4 Å². The van der Waals surface area contributed by atoms with Crippen LogP contribution in [0.2, 0.25) is 0 Å². The van der Waals surface area contributed by atoms with Gasteiger partial charge in [-0.2, -0.15) is 0 Å². The number of pyridine rings is 4. The summed E-state index contributed by atoms with van der Waals surface area (Å²) in [6.45, 7) is 0. The van der Waals surface area contributed by atoms with Crippen LogP contribution in [-0.2, 0) is 12.8 Å². The van der Waals surface area contributed by atoms with Crippen molar-refractivity contribution in [3.05, 3.63) is 96.3 Å². The number of rotatable bonds is 0. The number of para-hydroxylation sites is 2. The second-order valence-corrected chi connectivity index (χ2v) is 10.6. The molecular weight excluding hydrogens is 492 g/mol. The van der Waals surface area contributed by atoms with Gasteiger partial charge >= 0.3 is 0 Å². The molecule has 3 aromatic carbocycles. The Bertz CT molecular complexity index is 2430. The average Bonchev–Trinajstić information content (AvgIpc) is 3.00. The fourth-order valence-electron chi connectivity index (χ4n) is 6.30. The lowest BCUT2D eigenvalue weighted by molar-refractivity contribution is 0.759. The van der Waals surface area contributed by atoms with Gasteiger partial charge in [0.25, 0.3) is 0 Å². The summed E-state index contributed by atoms with van der Waals surface area (Å²) >= 11 is 0. The molecule has 0 saturated carbocycles. The van der Waals surface area contributed by atoms with Crippen molar-refractivity contribution in [3.63, 3.8) is 0 Å². The minimum absolute atomic E-state index is 0.828. The highest BCUT2D eigenvalue weighted by Gasteiger charge is 2.21. The molecular formula is C34H18N6. The SMILES string of the molecule is c1cc2ccc3nc2c(c1)c1ccc2c4nc5c(nc4c4ccc(nc4c2n1)c1cccc2ccc3nc21)CC5. The zero-order chi connectivity index (χ0) is 25.9. The van der Waals surface area contributed by atoms with Crippen LogP contribution in [0.25, 0.3) is 87.5 Å². The third kappa shape index (κ3) is 2.62. The molecule has 40 heavy (non-hydrogen) atoms. The number of nitrogens with zero attached hydrogens (tertiary/aromatic N) is 6. The second kappa shape index (κ2) is 7.18. The fourth-order valence-corrected chi connectivity index (χ4v) is 6.30. The van der Waals surface area contributed by atoms with Crippen molar-refractivity contribution in [3.8, 4) is 0 Å². The summed E-state index contributed by atoms with van der Waals surface area (Å²) in [5, 5.41) is 6.02. The van der Waals surface area contributed by atoms with Gasteiger partial charge in [-0.3, -0.25) is 0 Å². The molecule has 8 bridgehead atoms. The molecule has 0 atom stereocenters. The molecule has 0 aliphatic heterocycles. The van der Waals surface area contributed by atoms with Crippen molar-refractivity contribution >= 4 is 87.5 Å². The Hall–Kier alpha value is -5.36. The minimum atomic E-state index is 0.828. The first-order chi connectivity index (χ1) is 19.8. The number of aryl methyl sites for hydroxylation is 2. The van der Waals surface area contributed by atoms with Crippen molar-refractivity contribution < 1.29 is 0 Å². The summed E-state index contributed by atoms with van der Waals surface area (Å²) in [4.78, 5) is 31.0. The Balaban J connectivity index is 1.54. The molecule has 184 valence electrons. The number of hydrogen-bond donors (Lipinski definition) is 0. The molecule has 0 radical (unpaired) electrons. The Morgan fingerprint density at radius 2 is 0.750 bits per heavy atom. The van der Waals surface area contributed by atoms with E-state index in [4.69, 9.17) is 29.9 Å². The highest BCUT2D eigenvalue weighted by molar-refractivity contribution is 6.22. The summed E-state index contributed by atoms with van der Waals surface area (Å²) in [6, 6.07) is 29.3. The third-order valence-corrected chi connectivity index (χ3v) is 8.43. The molecule has 1 aliphatic rings. The monoisotopic (exact) mass is 510 g/mol. The fraction of sp³-hybridized carbons (Fsp3) is 0.0588. The number of benzene rings is 3. The Labute approximate surface area is 226 Å². The summed E-state index contributed by atoms with van der Waals surface area (Å²) in [6.07, 6.45) is 1.95. The normalized spacial score (nSPS) is 13.3. The standard InChI is InChI=1S/C34H18N6/c1-3-17-7-11-25-26-12-8-18-4-2-6-20(30(18)38-26)24-14-10-22-32(36-24)31-21(33-34(22)40-28-16-15-27(28)39-33)9-13-23(35-31)19(5-1)29(17)37-25/h1-14H,15-16H2. The molecule has 0 unspecified atom stereocenters. The van der Waals surface area contributed by atoms with Crippen LogP contribution in [0.5, 0.6) is 0 Å². The highest BCUT2D eigenvalue weighted by Crippen LogP contribution is 2.36. The van der Waals surface area contributed by atoms with E-state index in [0.29, 0.717) is 0 Å². The maximum atomic E-state index is 5.28. The van der Waals surface area contributed by atoms with Crippen molar-refractivity contribution in [2.45, 2.75) is 12.8 Å². The number of aromatic nitrogens is 6. The molecule has 0 fully saturated rings. The number of fused-ring (bicyclic) bond motifs is 11. The molecule has 0 spiro atoms. The average molecular weight is 511 g/mol. The van der Waals surface area contributed by atoms with E-state index in [0.717, 1.165) is 112 Å². The summed E-state index contributed by atoms with van der Waals surface area (Å²) in [5.41, 5.74) is 10.8. The van der Waals surface area contributed by atoms with Crippen LogP contribution < -0.4 is 0 Å². The summed E-state index contributed by atoms with van der Waals surface area (Å²) in [7, 11) is 0. The lowest BCUT2D eigenvalue weighted by atomic mass is 9.98. The highest BCUT2D eigenvalue weighted by atomic mass is 14.9. The predicted molar refractivity (Wildman–Crippen MR) is 161 cm³/mol. The van der Waals surface area contributed by atoms with E-state index in [9.17, 15) is 0 Å². The van der Waals surface area contributed by atoms with Gasteiger partial charge in [-0.15, -0.1) is 0 Å². The largest absolute Gasteiger partial charge is 0.249 e. The molecule has 10 rings (SSSR count). The minimum Gasteiger partial charge on any atom is -0.249 e. The number of hydrogen-bond acceptors (Lipinski definition) is 6. The lowest BCUT2D eigenvalue weighted by Gasteiger charge is -2.18. The van der Waals surface area contributed by atoms with Gasteiger partial charge in [-0.1, -0.05) is 48.5 Å². The maximum Gasteiger partial charge on any atom is 0.0995 e. The first kappa shape index (κ1) is 20.6. The Kier molecular flexibility index (Phi) is 3.70. The van der Waals surface area contributed by atoms with Crippen molar-refractivity contribution in [2.24, 2.45) is 0 Å². The third-order valence-electron chi connectivity index (χ3n) is 8.43. The topological polar surface area (TPSA) is 77.3 Å². The van der Waals surface area contributed by atoms with Gasteiger partial charge in [-0.05, 0) is 49.2 Å². The van der Waals surface area contributed by atoms with Crippen LogP contribution in [-0.4, -0.2) is 29.9 Å². The van der Waals surface area contributed by atoms with E-state index >= 15 is 0 Å². The predicted octanol–water partition coefficient (Wildman–Crippen LogP) is 7.38. The van der Waals surface area contributed by atoms with Gasteiger partial charge in [-0.25, -0.2) is 29.9 Å². The van der Waals surface area contributed by atoms with Gasteiger partial charge < -0.3 is 0 Å². The summed E-state index contributed by atoms with van der Waals surface area (Å²) in [5.74, 6) is 0. The molecule has 6 aromatic heterocycles. The van der Waals surface area contributed by atoms with E-state index in [2.05, 4.69) is 72.8 Å². The van der Waals surface area contributed by atoms with Crippen LogP contribution in [0.3, 0.4) is 0 Å². The smallest absolute Gasteiger partial charge is 0.0995 e.